The van der Waals surface area contributed by atoms with Crippen LogP contribution in [0.15, 0.2) is 29.1 Å². The molecule has 0 bridgehead atoms. The molecule has 4 nitrogen and oxygen atoms in total. The highest BCUT2D eigenvalue weighted by molar-refractivity contribution is 5.74. The van der Waals surface area contributed by atoms with Crippen molar-refractivity contribution in [2.24, 2.45) is 5.41 Å². The van der Waals surface area contributed by atoms with Gasteiger partial charge in [-0.2, -0.15) is 0 Å². The first kappa shape index (κ1) is 15.7. The molecule has 1 aromatic carbocycles. The molecule has 2 aromatic rings. The van der Waals surface area contributed by atoms with Crippen molar-refractivity contribution in [2.45, 2.75) is 47.2 Å². The molecule has 114 valence electrons. The molecular weight excluding hydrogens is 262 g/mol. The number of para-hydroxylation sites is 2. The third kappa shape index (κ3) is 3.32. The zero-order chi connectivity index (χ0) is 15.6. The Morgan fingerprint density at radius 1 is 1.29 bits per heavy atom. The highest BCUT2D eigenvalue weighted by atomic mass is 16.1. The molecule has 1 aromatic heterocycles. The van der Waals surface area contributed by atoms with Crippen LogP contribution in [0.1, 0.15) is 33.4 Å². The van der Waals surface area contributed by atoms with Crippen molar-refractivity contribution in [3.8, 4) is 0 Å². The van der Waals surface area contributed by atoms with Gasteiger partial charge >= 0.3 is 0 Å². The minimum absolute atomic E-state index is 0.000790. The van der Waals surface area contributed by atoms with E-state index in [9.17, 15) is 4.79 Å². The number of nitrogens with zero attached hydrogens (tertiary/aromatic N) is 2. The van der Waals surface area contributed by atoms with E-state index < -0.39 is 0 Å². The first-order chi connectivity index (χ1) is 9.84. The van der Waals surface area contributed by atoms with Gasteiger partial charge in [-0.05, 0) is 31.0 Å². The molecule has 0 saturated heterocycles. The summed E-state index contributed by atoms with van der Waals surface area (Å²) in [4.78, 5) is 16.9. The third-order valence-electron chi connectivity index (χ3n) is 3.88. The maximum absolute atomic E-state index is 12.5. The Balaban J connectivity index is 2.55. The predicted octanol–water partition coefficient (Wildman–Crippen LogP) is 2.73. The second-order valence-electron chi connectivity index (χ2n) is 6.58. The average molecular weight is 287 g/mol. The highest BCUT2D eigenvalue weighted by Crippen LogP contribution is 2.21. The van der Waals surface area contributed by atoms with Crippen LogP contribution in [-0.4, -0.2) is 22.1 Å². The Morgan fingerprint density at radius 2 is 1.95 bits per heavy atom. The Hall–Kier alpha value is -1.68. The van der Waals surface area contributed by atoms with Crippen molar-refractivity contribution in [3.05, 3.63) is 40.3 Å². The van der Waals surface area contributed by atoms with E-state index in [-0.39, 0.29) is 17.0 Å². The van der Waals surface area contributed by atoms with E-state index >= 15 is 0 Å². The lowest BCUT2D eigenvalue weighted by Gasteiger charge is -2.32. The van der Waals surface area contributed by atoms with Gasteiger partial charge in [0.25, 0.3) is 5.56 Å². The summed E-state index contributed by atoms with van der Waals surface area (Å²) in [5.74, 6) is 0. The van der Waals surface area contributed by atoms with Gasteiger partial charge in [-0.15, -0.1) is 0 Å². The zero-order valence-corrected chi connectivity index (χ0v) is 13.6. The largest absolute Gasteiger partial charge is 0.312 e. The van der Waals surface area contributed by atoms with Crippen LogP contribution in [-0.2, 0) is 6.54 Å². The smallest absolute Gasteiger partial charge is 0.272 e. The van der Waals surface area contributed by atoms with E-state index in [1.165, 1.54) is 0 Å². The van der Waals surface area contributed by atoms with E-state index in [1.54, 1.807) is 6.92 Å². The lowest BCUT2D eigenvalue weighted by molar-refractivity contribution is 0.245. The van der Waals surface area contributed by atoms with Crippen molar-refractivity contribution in [1.82, 2.24) is 14.9 Å². The van der Waals surface area contributed by atoms with Crippen molar-refractivity contribution >= 4 is 11.0 Å². The SMILES string of the molecule is CCNC(Cn1c(=O)c(C)nc2ccccc21)C(C)(C)C. The van der Waals surface area contributed by atoms with Crippen molar-refractivity contribution in [1.29, 1.82) is 0 Å². The number of rotatable bonds is 4. The van der Waals surface area contributed by atoms with Gasteiger partial charge in [0.15, 0.2) is 0 Å². The molecule has 0 aliphatic heterocycles. The maximum Gasteiger partial charge on any atom is 0.272 e. The molecular formula is C17H25N3O. The molecule has 2 rings (SSSR count). The first-order valence-electron chi connectivity index (χ1n) is 7.54. The Labute approximate surface area is 126 Å². The van der Waals surface area contributed by atoms with Crippen LogP contribution in [0.3, 0.4) is 0 Å². The van der Waals surface area contributed by atoms with E-state index in [4.69, 9.17) is 0 Å². The fourth-order valence-corrected chi connectivity index (χ4v) is 2.57. The summed E-state index contributed by atoms with van der Waals surface area (Å²) >= 11 is 0. The maximum atomic E-state index is 12.5. The molecule has 4 heteroatoms. The molecule has 1 unspecified atom stereocenters. The van der Waals surface area contributed by atoms with Gasteiger partial charge in [0.1, 0.15) is 5.69 Å². The molecule has 1 heterocycles. The minimum Gasteiger partial charge on any atom is -0.312 e. The van der Waals surface area contributed by atoms with Crippen molar-refractivity contribution in [2.75, 3.05) is 6.54 Å². The molecule has 0 radical (unpaired) electrons. The van der Waals surface area contributed by atoms with E-state index in [0.29, 0.717) is 12.2 Å². The summed E-state index contributed by atoms with van der Waals surface area (Å²) in [6.07, 6.45) is 0. The number of benzene rings is 1. The molecule has 0 amide bonds. The van der Waals surface area contributed by atoms with Gasteiger partial charge in [-0.3, -0.25) is 4.79 Å². The van der Waals surface area contributed by atoms with Crippen LogP contribution in [0.4, 0.5) is 0 Å². The fraction of sp³-hybridized carbons (Fsp3) is 0.529. The van der Waals surface area contributed by atoms with Crippen LogP contribution in [0.5, 0.6) is 0 Å². The lowest BCUT2D eigenvalue weighted by Crippen LogP contribution is -2.45. The Morgan fingerprint density at radius 3 is 2.57 bits per heavy atom. The van der Waals surface area contributed by atoms with Gasteiger partial charge in [-0.25, -0.2) is 4.98 Å². The number of aromatic nitrogens is 2. The molecule has 0 aliphatic rings. The average Bonchev–Trinajstić information content (AvgIpc) is 2.41. The summed E-state index contributed by atoms with van der Waals surface area (Å²) in [7, 11) is 0. The summed E-state index contributed by atoms with van der Waals surface area (Å²) < 4.78 is 1.86. The molecule has 21 heavy (non-hydrogen) atoms. The number of nitrogens with one attached hydrogen (secondary N) is 1. The van der Waals surface area contributed by atoms with Gasteiger partial charge in [0, 0.05) is 12.6 Å². The summed E-state index contributed by atoms with van der Waals surface area (Å²) in [5, 5.41) is 3.50. The standard InChI is InChI=1S/C17H25N3O/c1-6-18-15(17(3,4)5)11-20-14-10-8-7-9-13(14)19-12(2)16(20)21/h7-10,15,18H,6,11H2,1-5H3. The quantitative estimate of drug-likeness (QED) is 0.940. The second kappa shape index (κ2) is 5.98. The van der Waals surface area contributed by atoms with Gasteiger partial charge in [0.2, 0.25) is 0 Å². The van der Waals surface area contributed by atoms with Crippen LogP contribution in [0, 0.1) is 12.3 Å². The number of likely N-dealkylation sites (N-methyl/N-ethyl adjacent to an activating group) is 1. The number of aryl methyl sites for hydroxylation is 1. The Bertz CT molecular complexity index is 682. The first-order valence-corrected chi connectivity index (χ1v) is 7.54. The second-order valence-corrected chi connectivity index (χ2v) is 6.58. The summed E-state index contributed by atoms with van der Waals surface area (Å²) in [6.45, 7) is 12.0. The lowest BCUT2D eigenvalue weighted by atomic mass is 9.86. The third-order valence-corrected chi connectivity index (χ3v) is 3.88. The fourth-order valence-electron chi connectivity index (χ4n) is 2.57. The van der Waals surface area contributed by atoms with Gasteiger partial charge in [0.05, 0.1) is 11.0 Å². The highest BCUT2D eigenvalue weighted by Gasteiger charge is 2.25. The normalized spacial score (nSPS) is 13.6. The topological polar surface area (TPSA) is 46.9 Å². The Kier molecular flexibility index (Phi) is 4.47. The predicted molar refractivity (Wildman–Crippen MR) is 87.7 cm³/mol. The van der Waals surface area contributed by atoms with Gasteiger partial charge in [-0.1, -0.05) is 39.8 Å². The van der Waals surface area contributed by atoms with Crippen LogP contribution in [0.25, 0.3) is 11.0 Å². The number of hydrogen-bond acceptors (Lipinski definition) is 3. The van der Waals surface area contributed by atoms with Gasteiger partial charge < -0.3 is 9.88 Å². The minimum atomic E-state index is 0.000790. The molecule has 0 saturated carbocycles. The van der Waals surface area contributed by atoms with E-state index in [0.717, 1.165) is 17.6 Å². The molecule has 0 fully saturated rings. The van der Waals surface area contributed by atoms with Crippen LogP contribution in [0.2, 0.25) is 0 Å². The number of fused-ring (bicyclic) bond motifs is 1. The summed E-state index contributed by atoms with van der Waals surface area (Å²) in [6, 6.07) is 8.06. The number of hydrogen-bond donors (Lipinski definition) is 1. The molecule has 0 aliphatic carbocycles. The van der Waals surface area contributed by atoms with E-state index in [2.05, 4.69) is 38.0 Å². The van der Waals surface area contributed by atoms with Crippen molar-refractivity contribution in [3.63, 3.8) is 0 Å². The summed E-state index contributed by atoms with van der Waals surface area (Å²) in [5.41, 5.74) is 2.41. The van der Waals surface area contributed by atoms with Crippen molar-refractivity contribution < 1.29 is 0 Å². The monoisotopic (exact) mass is 287 g/mol. The molecule has 1 N–H and O–H groups in total. The molecule has 0 spiro atoms. The van der Waals surface area contributed by atoms with E-state index in [1.807, 2.05) is 28.8 Å². The van der Waals surface area contributed by atoms with Crippen LogP contribution >= 0.6 is 0 Å². The zero-order valence-electron chi connectivity index (χ0n) is 13.6. The van der Waals surface area contributed by atoms with Crippen LogP contribution < -0.4 is 10.9 Å². The molecule has 1 atom stereocenters.